The summed E-state index contributed by atoms with van der Waals surface area (Å²) in [5.41, 5.74) is 5.63. The number of carbonyl (C=O) groups excluding carboxylic acids is 2. The van der Waals surface area contributed by atoms with E-state index in [-0.39, 0.29) is 17.8 Å². The number of hydrogen-bond acceptors (Lipinski definition) is 3. The first-order valence-corrected chi connectivity index (χ1v) is 9.79. The molecule has 2 heterocycles. The van der Waals surface area contributed by atoms with Crippen LogP contribution in [0.25, 0.3) is 10.9 Å². The maximum atomic E-state index is 13.1. The molecule has 1 aromatic heterocycles. The molecule has 0 bridgehead atoms. The molecule has 0 saturated heterocycles. The molecule has 1 amide bonds. The van der Waals surface area contributed by atoms with Crippen LogP contribution in [0.2, 0.25) is 0 Å². The zero-order chi connectivity index (χ0) is 20.9. The number of aromatic amines is 1. The number of H-pyrrole nitrogens is 1. The Labute approximate surface area is 169 Å². The molecule has 5 nitrogen and oxygen atoms in total. The molecule has 0 radical (unpaired) electrons. The lowest BCUT2D eigenvalue weighted by Crippen LogP contribution is -2.31. The molecule has 0 fully saturated rings. The highest BCUT2D eigenvalue weighted by atomic mass is 16.3. The van der Waals surface area contributed by atoms with Gasteiger partial charge in [0, 0.05) is 34.3 Å². The summed E-state index contributed by atoms with van der Waals surface area (Å²) >= 11 is 0. The Morgan fingerprint density at radius 2 is 1.83 bits per heavy atom. The van der Waals surface area contributed by atoms with Crippen molar-refractivity contribution in [2.75, 3.05) is 4.90 Å². The maximum Gasteiger partial charge on any atom is 0.294 e. The van der Waals surface area contributed by atoms with Crippen molar-refractivity contribution in [2.45, 2.75) is 40.2 Å². The van der Waals surface area contributed by atoms with E-state index in [1.54, 1.807) is 11.8 Å². The van der Waals surface area contributed by atoms with Gasteiger partial charge in [0.25, 0.3) is 5.91 Å². The molecule has 3 aromatic rings. The number of aliphatic hydroxyl groups is 1. The van der Waals surface area contributed by atoms with Gasteiger partial charge in [-0.05, 0) is 50.1 Å². The maximum absolute atomic E-state index is 13.1. The van der Waals surface area contributed by atoms with Crippen LogP contribution in [0, 0.1) is 20.8 Å². The topological polar surface area (TPSA) is 73.4 Å². The Morgan fingerprint density at radius 3 is 2.52 bits per heavy atom. The van der Waals surface area contributed by atoms with Gasteiger partial charge in [-0.3, -0.25) is 14.5 Å². The Morgan fingerprint density at radius 1 is 1.10 bits per heavy atom. The van der Waals surface area contributed by atoms with Gasteiger partial charge in [-0.15, -0.1) is 0 Å². The molecule has 1 aliphatic heterocycles. The molecule has 1 aliphatic rings. The lowest BCUT2D eigenvalue weighted by atomic mass is 9.92. The van der Waals surface area contributed by atoms with E-state index < -0.39 is 17.7 Å². The number of aryl methyl sites for hydroxylation is 3. The number of amides is 1. The number of nitrogens with zero attached hydrogens (tertiary/aromatic N) is 1. The summed E-state index contributed by atoms with van der Waals surface area (Å²) in [7, 11) is 0. The summed E-state index contributed by atoms with van der Waals surface area (Å²) in [6.45, 7) is 7.66. The third kappa shape index (κ3) is 2.85. The molecule has 0 spiro atoms. The molecule has 29 heavy (non-hydrogen) atoms. The number of benzene rings is 2. The summed E-state index contributed by atoms with van der Waals surface area (Å²) in [4.78, 5) is 30.9. The quantitative estimate of drug-likeness (QED) is 0.662. The average Bonchev–Trinajstić information content (AvgIpc) is 3.16. The minimum Gasteiger partial charge on any atom is -0.503 e. The average molecular weight is 388 g/mol. The zero-order valence-electron chi connectivity index (χ0n) is 17.0. The SMILES string of the molecule is CCC(=O)C1=C(O)C(=O)N(c2ccc(C)c(C)c2)C1c1c(C)[nH]c2ccccc12. The van der Waals surface area contributed by atoms with Gasteiger partial charge in [-0.25, -0.2) is 0 Å². The van der Waals surface area contributed by atoms with Crippen LogP contribution in [-0.4, -0.2) is 21.8 Å². The van der Waals surface area contributed by atoms with E-state index in [1.165, 1.54) is 0 Å². The van der Waals surface area contributed by atoms with Gasteiger partial charge in [0.2, 0.25) is 0 Å². The normalized spacial score (nSPS) is 16.9. The minimum absolute atomic E-state index is 0.170. The third-order valence-electron chi connectivity index (χ3n) is 5.82. The van der Waals surface area contributed by atoms with E-state index in [4.69, 9.17) is 0 Å². The number of para-hydroxylation sites is 1. The number of nitrogens with one attached hydrogen (secondary N) is 1. The van der Waals surface area contributed by atoms with E-state index in [0.29, 0.717) is 5.69 Å². The molecule has 0 saturated carbocycles. The Hall–Kier alpha value is -3.34. The van der Waals surface area contributed by atoms with Crippen LogP contribution < -0.4 is 4.90 Å². The van der Waals surface area contributed by atoms with Crippen LogP contribution in [0.1, 0.15) is 41.8 Å². The van der Waals surface area contributed by atoms with Gasteiger partial charge in [-0.2, -0.15) is 0 Å². The van der Waals surface area contributed by atoms with Gasteiger partial charge >= 0.3 is 0 Å². The smallest absolute Gasteiger partial charge is 0.294 e. The van der Waals surface area contributed by atoms with Crippen LogP contribution in [-0.2, 0) is 9.59 Å². The van der Waals surface area contributed by atoms with E-state index in [0.717, 1.165) is 33.3 Å². The fourth-order valence-corrected chi connectivity index (χ4v) is 4.15. The Bertz CT molecular complexity index is 1190. The van der Waals surface area contributed by atoms with Crippen LogP contribution in [0.4, 0.5) is 5.69 Å². The van der Waals surface area contributed by atoms with E-state index in [2.05, 4.69) is 4.98 Å². The van der Waals surface area contributed by atoms with Crippen LogP contribution in [0.5, 0.6) is 0 Å². The van der Waals surface area contributed by atoms with Crippen LogP contribution in [0.3, 0.4) is 0 Å². The number of hydrogen-bond donors (Lipinski definition) is 2. The standard InChI is InChI=1S/C24H24N2O3/c1-5-19(27)21-22(20-15(4)25-18-9-7-6-8-17(18)20)26(24(29)23(21)28)16-11-10-13(2)14(3)12-16/h6-12,22,25,28H,5H2,1-4H3. The first kappa shape index (κ1) is 19.0. The van der Waals surface area contributed by atoms with Crippen molar-refractivity contribution in [1.82, 2.24) is 4.98 Å². The lowest BCUT2D eigenvalue weighted by Gasteiger charge is -2.27. The molecule has 148 valence electrons. The number of rotatable bonds is 4. The van der Waals surface area contributed by atoms with Crippen molar-refractivity contribution in [3.05, 3.63) is 76.2 Å². The summed E-state index contributed by atoms with van der Waals surface area (Å²) in [5.74, 6) is -1.22. The predicted octanol–water partition coefficient (Wildman–Crippen LogP) is 4.97. The monoisotopic (exact) mass is 388 g/mol. The highest BCUT2D eigenvalue weighted by Crippen LogP contribution is 2.45. The Balaban J connectivity index is 2.00. The Kier molecular flexibility index (Phi) is 4.53. The first-order valence-electron chi connectivity index (χ1n) is 9.79. The largest absolute Gasteiger partial charge is 0.503 e. The van der Waals surface area contributed by atoms with Gasteiger partial charge in [0.15, 0.2) is 11.5 Å². The number of carbonyl (C=O) groups is 2. The van der Waals surface area contributed by atoms with Crippen molar-refractivity contribution >= 4 is 28.3 Å². The second kappa shape index (κ2) is 6.92. The number of fused-ring (bicyclic) bond motifs is 1. The number of Topliss-reactive ketones (excluding diaryl/α,β-unsaturated/α-hetero) is 1. The lowest BCUT2D eigenvalue weighted by molar-refractivity contribution is -0.118. The van der Waals surface area contributed by atoms with Crippen molar-refractivity contribution in [1.29, 1.82) is 0 Å². The van der Waals surface area contributed by atoms with Gasteiger partial charge in [0.05, 0.1) is 11.6 Å². The summed E-state index contributed by atoms with van der Waals surface area (Å²) in [5, 5.41) is 11.6. The van der Waals surface area contributed by atoms with Gasteiger partial charge in [0.1, 0.15) is 0 Å². The zero-order valence-corrected chi connectivity index (χ0v) is 17.0. The van der Waals surface area contributed by atoms with Gasteiger partial charge < -0.3 is 10.1 Å². The first-order chi connectivity index (χ1) is 13.8. The number of ketones is 1. The molecule has 1 unspecified atom stereocenters. The second-order valence-electron chi connectivity index (χ2n) is 7.59. The molecular formula is C24H24N2O3. The number of anilines is 1. The fourth-order valence-electron chi connectivity index (χ4n) is 4.15. The summed E-state index contributed by atoms with van der Waals surface area (Å²) in [6.07, 6.45) is 0.214. The van der Waals surface area contributed by atoms with Crippen molar-refractivity contribution < 1.29 is 14.7 Å². The number of aliphatic hydroxyl groups excluding tert-OH is 1. The minimum atomic E-state index is -0.673. The van der Waals surface area contributed by atoms with Crippen molar-refractivity contribution in [2.24, 2.45) is 0 Å². The van der Waals surface area contributed by atoms with E-state index in [1.807, 2.05) is 63.2 Å². The van der Waals surface area contributed by atoms with Crippen LogP contribution >= 0.6 is 0 Å². The molecular weight excluding hydrogens is 364 g/mol. The molecule has 2 aromatic carbocycles. The van der Waals surface area contributed by atoms with Crippen molar-refractivity contribution in [3.63, 3.8) is 0 Å². The summed E-state index contributed by atoms with van der Waals surface area (Å²) in [6, 6.07) is 12.9. The fraction of sp³-hybridized carbons (Fsp3) is 0.250. The highest BCUT2D eigenvalue weighted by Gasteiger charge is 2.45. The van der Waals surface area contributed by atoms with Crippen LogP contribution in [0.15, 0.2) is 53.8 Å². The second-order valence-corrected chi connectivity index (χ2v) is 7.59. The third-order valence-corrected chi connectivity index (χ3v) is 5.82. The molecule has 0 aliphatic carbocycles. The van der Waals surface area contributed by atoms with Crippen molar-refractivity contribution in [3.8, 4) is 0 Å². The van der Waals surface area contributed by atoms with Gasteiger partial charge in [-0.1, -0.05) is 31.2 Å². The van der Waals surface area contributed by atoms with E-state index >= 15 is 0 Å². The molecule has 1 atom stereocenters. The molecule has 2 N–H and O–H groups in total. The molecule has 5 heteroatoms. The van der Waals surface area contributed by atoms with E-state index in [9.17, 15) is 14.7 Å². The summed E-state index contributed by atoms with van der Waals surface area (Å²) < 4.78 is 0. The number of aromatic nitrogens is 1. The predicted molar refractivity (Wildman–Crippen MR) is 114 cm³/mol. The highest BCUT2D eigenvalue weighted by molar-refractivity contribution is 6.17. The molecule has 4 rings (SSSR count).